The van der Waals surface area contributed by atoms with E-state index in [0.29, 0.717) is 6.54 Å². The van der Waals surface area contributed by atoms with Crippen LogP contribution in [0.2, 0.25) is 0 Å². The molecule has 0 aromatic heterocycles. The third kappa shape index (κ3) is 6.61. The van der Waals surface area contributed by atoms with Crippen molar-refractivity contribution in [1.82, 2.24) is 10.2 Å². The lowest BCUT2D eigenvalue weighted by Gasteiger charge is -2.29. The Bertz CT molecular complexity index is 748. The molecule has 0 saturated carbocycles. The van der Waals surface area contributed by atoms with Crippen molar-refractivity contribution in [3.05, 3.63) is 65.2 Å². The molecule has 3 rings (SSSR count). The van der Waals surface area contributed by atoms with Gasteiger partial charge in [0.15, 0.2) is 0 Å². The molecule has 1 amide bonds. The summed E-state index contributed by atoms with van der Waals surface area (Å²) in [5.74, 6) is 0.695. The van der Waals surface area contributed by atoms with Crippen LogP contribution >= 0.6 is 24.8 Å². The van der Waals surface area contributed by atoms with Gasteiger partial charge in [-0.3, -0.25) is 9.69 Å². The molecular formula is C22H31Cl2N3O2. The molecule has 0 aliphatic carbocycles. The first kappa shape index (κ1) is 25.2. The highest BCUT2D eigenvalue weighted by molar-refractivity contribution is 5.85. The first-order valence-corrected chi connectivity index (χ1v) is 9.56. The van der Waals surface area contributed by atoms with Gasteiger partial charge in [0.05, 0.1) is 13.2 Å². The molecule has 2 aromatic carbocycles. The van der Waals surface area contributed by atoms with E-state index >= 15 is 0 Å². The third-order valence-corrected chi connectivity index (χ3v) is 5.27. The van der Waals surface area contributed by atoms with E-state index in [0.717, 1.165) is 30.0 Å². The second-order valence-corrected chi connectivity index (χ2v) is 7.17. The number of methoxy groups -OCH3 is 1. The fourth-order valence-electron chi connectivity index (χ4n) is 3.57. The molecule has 0 radical (unpaired) electrons. The van der Waals surface area contributed by atoms with E-state index in [1.54, 1.807) is 7.11 Å². The summed E-state index contributed by atoms with van der Waals surface area (Å²) in [5, 5.41) is 3.06. The smallest absolute Gasteiger partial charge is 0.241 e. The number of hydrogen-bond donors (Lipinski definition) is 2. The molecule has 1 aliphatic rings. The number of ether oxygens (including phenoxy) is 1. The minimum atomic E-state index is -0.652. The van der Waals surface area contributed by atoms with Crippen molar-refractivity contribution in [2.45, 2.75) is 31.8 Å². The monoisotopic (exact) mass is 439 g/mol. The van der Waals surface area contributed by atoms with Crippen molar-refractivity contribution < 1.29 is 9.53 Å². The highest BCUT2D eigenvalue weighted by Crippen LogP contribution is 2.26. The predicted molar refractivity (Wildman–Crippen MR) is 122 cm³/mol. The number of carbonyl (C=O) groups excluding carboxylic acids is 1. The lowest BCUT2D eigenvalue weighted by Crippen LogP contribution is -2.40. The molecule has 29 heavy (non-hydrogen) atoms. The molecule has 1 aliphatic heterocycles. The molecule has 1 heterocycles. The second-order valence-electron chi connectivity index (χ2n) is 7.17. The van der Waals surface area contributed by atoms with E-state index in [1.807, 2.05) is 43.3 Å². The van der Waals surface area contributed by atoms with Crippen LogP contribution in [0.3, 0.4) is 0 Å². The van der Waals surface area contributed by atoms with E-state index < -0.39 is 6.04 Å². The van der Waals surface area contributed by atoms with Gasteiger partial charge in [-0.25, -0.2) is 0 Å². The lowest BCUT2D eigenvalue weighted by molar-refractivity contribution is -0.122. The Morgan fingerprint density at radius 2 is 1.59 bits per heavy atom. The van der Waals surface area contributed by atoms with E-state index in [-0.39, 0.29) is 36.8 Å². The standard InChI is InChI=1S/C22H29N3O2.2ClH/c1-16-5-7-18(8-6-16)21(23)22(26)24-15-20(25-13-3-4-14-25)17-9-11-19(27-2)12-10-17;;/h5-12,20-21H,3-4,13-15,23H2,1-2H3,(H,24,26);2*1H. The number of hydrogen-bond acceptors (Lipinski definition) is 4. The summed E-state index contributed by atoms with van der Waals surface area (Å²) in [5.41, 5.74) is 9.33. The van der Waals surface area contributed by atoms with Gasteiger partial charge in [-0.2, -0.15) is 0 Å². The van der Waals surface area contributed by atoms with Crippen molar-refractivity contribution in [2.24, 2.45) is 5.73 Å². The summed E-state index contributed by atoms with van der Waals surface area (Å²) in [6.07, 6.45) is 2.40. The van der Waals surface area contributed by atoms with Crippen molar-refractivity contribution in [3.63, 3.8) is 0 Å². The van der Waals surface area contributed by atoms with Crippen LogP contribution in [0.5, 0.6) is 5.75 Å². The van der Waals surface area contributed by atoms with Crippen LogP contribution < -0.4 is 15.8 Å². The average Bonchev–Trinajstić information content (AvgIpc) is 3.23. The normalized spacial score (nSPS) is 15.6. The highest BCUT2D eigenvalue weighted by Gasteiger charge is 2.25. The molecule has 3 N–H and O–H groups in total. The number of rotatable bonds is 7. The number of nitrogens with one attached hydrogen (secondary N) is 1. The van der Waals surface area contributed by atoms with Gasteiger partial charge < -0.3 is 15.8 Å². The summed E-state index contributed by atoms with van der Waals surface area (Å²) in [6, 6.07) is 15.4. The summed E-state index contributed by atoms with van der Waals surface area (Å²) in [7, 11) is 1.67. The van der Waals surface area contributed by atoms with Crippen molar-refractivity contribution in [1.29, 1.82) is 0 Å². The number of aryl methyl sites for hydroxylation is 1. The van der Waals surface area contributed by atoms with Gasteiger partial charge in [-0.1, -0.05) is 42.0 Å². The Morgan fingerprint density at radius 3 is 2.14 bits per heavy atom. The van der Waals surface area contributed by atoms with Gasteiger partial charge in [-0.05, 0) is 56.1 Å². The summed E-state index contributed by atoms with van der Waals surface area (Å²) in [6.45, 7) is 4.67. The highest BCUT2D eigenvalue weighted by atomic mass is 35.5. The number of carbonyl (C=O) groups is 1. The van der Waals surface area contributed by atoms with Crippen LogP contribution in [0.1, 0.15) is 41.6 Å². The number of amides is 1. The number of halogens is 2. The zero-order valence-corrected chi connectivity index (χ0v) is 18.6. The molecule has 0 spiro atoms. The molecule has 2 atom stereocenters. The molecule has 2 unspecified atom stereocenters. The minimum Gasteiger partial charge on any atom is -0.497 e. The van der Waals surface area contributed by atoms with Gasteiger partial charge >= 0.3 is 0 Å². The van der Waals surface area contributed by atoms with Gasteiger partial charge in [-0.15, -0.1) is 24.8 Å². The van der Waals surface area contributed by atoms with Crippen LogP contribution in [0, 0.1) is 6.92 Å². The Morgan fingerprint density at radius 1 is 1.03 bits per heavy atom. The predicted octanol–water partition coefficient (Wildman–Crippen LogP) is 3.80. The van der Waals surface area contributed by atoms with Crippen LogP contribution in [-0.2, 0) is 4.79 Å². The lowest BCUT2D eigenvalue weighted by atomic mass is 10.0. The third-order valence-electron chi connectivity index (χ3n) is 5.27. The first-order valence-electron chi connectivity index (χ1n) is 9.56. The van der Waals surface area contributed by atoms with Crippen molar-refractivity contribution in [2.75, 3.05) is 26.7 Å². The number of benzene rings is 2. The van der Waals surface area contributed by atoms with E-state index in [4.69, 9.17) is 10.5 Å². The quantitative estimate of drug-likeness (QED) is 0.688. The Hall–Kier alpha value is -1.79. The topological polar surface area (TPSA) is 67.6 Å². The first-order chi connectivity index (χ1) is 13.1. The van der Waals surface area contributed by atoms with E-state index in [1.165, 1.54) is 18.4 Å². The number of nitrogens with zero attached hydrogens (tertiary/aromatic N) is 1. The van der Waals surface area contributed by atoms with Crippen LogP contribution in [0.25, 0.3) is 0 Å². The largest absolute Gasteiger partial charge is 0.497 e. The molecule has 7 heteroatoms. The number of likely N-dealkylation sites (tertiary alicyclic amines) is 1. The van der Waals surface area contributed by atoms with Crippen LogP contribution in [0.15, 0.2) is 48.5 Å². The fraction of sp³-hybridized carbons (Fsp3) is 0.409. The molecule has 1 saturated heterocycles. The van der Waals surface area contributed by atoms with Crippen molar-refractivity contribution in [3.8, 4) is 5.75 Å². The average molecular weight is 440 g/mol. The zero-order chi connectivity index (χ0) is 19.2. The summed E-state index contributed by atoms with van der Waals surface area (Å²) < 4.78 is 5.26. The maximum Gasteiger partial charge on any atom is 0.241 e. The summed E-state index contributed by atoms with van der Waals surface area (Å²) in [4.78, 5) is 15.0. The van der Waals surface area contributed by atoms with E-state index in [9.17, 15) is 4.79 Å². The molecule has 2 aromatic rings. The number of nitrogens with two attached hydrogens (primary N) is 1. The Kier molecular flexibility index (Phi) is 10.5. The molecule has 0 bridgehead atoms. The molecule has 5 nitrogen and oxygen atoms in total. The second kappa shape index (κ2) is 12.0. The maximum absolute atomic E-state index is 12.6. The molecule has 160 valence electrons. The van der Waals surface area contributed by atoms with Gasteiger partial charge in [0, 0.05) is 6.54 Å². The van der Waals surface area contributed by atoms with Crippen LogP contribution in [0.4, 0.5) is 0 Å². The van der Waals surface area contributed by atoms with Gasteiger partial charge in [0.25, 0.3) is 0 Å². The maximum atomic E-state index is 12.6. The fourth-order valence-corrected chi connectivity index (χ4v) is 3.57. The van der Waals surface area contributed by atoms with Gasteiger partial charge in [0.2, 0.25) is 5.91 Å². The Labute approximate surface area is 185 Å². The minimum absolute atomic E-state index is 0. The van der Waals surface area contributed by atoms with Crippen molar-refractivity contribution >= 4 is 30.7 Å². The molecule has 1 fully saturated rings. The molecular weight excluding hydrogens is 409 g/mol. The van der Waals surface area contributed by atoms with Crippen LogP contribution in [-0.4, -0.2) is 37.6 Å². The Balaban J connectivity index is 0.00000210. The van der Waals surface area contributed by atoms with Gasteiger partial charge in [0.1, 0.15) is 11.8 Å². The zero-order valence-electron chi connectivity index (χ0n) is 17.0. The van der Waals surface area contributed by atoms with E-state index in [2.05, 4.69) is 22.3 Å². The SMILES string of the molecule is COc1ccc(C(CNC(=O)C(N)c2ccc(C)cc2)N2CCCC2)cc1.Cl.Cl. The summed E-state index contributed by atoms with van der Waals surface area (Å²) >= 11 is 0.